The third kappa shape index (κ3) is 6.52. The first-order chi connectivity index (χ1) is 46.6. The number of nitrogens with one attached hydrogen (secondary N) is 2. The monoisotopic (exact) mass is 1210 g/mol. The number of benzene rings is 13. The van der Waals surface area contributed by atoms with Crippen molar-refractivity contribution in [1.82, 2.24) is 19.1 Å². The average molecular weight is 1210 g/mol. The predicted octanol–water partition coefficient (Wildman–Crippen LogP) is 23.5. The van der Waals surface area contributed by atoms with E-state index in [4.69, 9.17) is 0 Å². The molecule has 22 rings (SSSR count). The van der Waals surface area contributed by atoms with Crippen LogP contribution in [0.2, 0.25) is 0 Å². The highest BCUT2D eigenvalue weighted by Crippen LogP contribution is 2.66. The Hall–Kier alpha value is -11.5. The minimum absolute atomic E-state index is 0.101. The number of H-pyrrole nitrogens is 2. The number of fused-ring (bicyclic) bond motifs is 29. The van der Waals surface area contributed by atoms with Crippen LogP contribution in [0.5, 0.6) is 0 Å². The lowest BCUT2D eigenvalue weighted by molar-refractivity contribution is 0.661. The van der Waals surface area contributed by atoms with Crippen molar-refractivity contribution in [2.45, 2.75) is 56.8 Å². The van der Waals surface area contributed by atoms with Gasteiger partial charge in [-0.2, -0.15) is 0 Å². The molecule has 4 heteroatoms. The van der Waals surface area contributed by atoms with Gasteiger partial charge < -0.3 is 19.1 Å². The highest BCUT2D eigenvalue weighted by atomic mass is 15.0. The lowest BCUT2D eigenvalue weighted by atomic mass is 9.69. The van der Waals surface area contributed by atoms with Crippen LogP contribution < -0.4 is 0 Å². The molecule has 17 aromatic rings. The minimum Gasteiger partial charge on any atom is -0.354 e. The van der Waals surface area contributed by atoms with Gasteiger partial charge >= 0.3 is 0 Å². The molecule has 0 amide bonds. The zero-order valence-electron chi connectivity index (χ0n) is 53.2. The summed E-state index contributed by atoms with van der Waals surface area (Å²) in [6, 6.07) is 97.4. The summed E-state index contributed by atoms with van der Waals surface area (Å²) in [5.74, 6) is 0. The molecule has 4 aromatic heterocycles. The van der Waals surface area contributed by atoms with E-state index in [2.05, 4.69) is 314 Å². The first kappa shape index (κ1) is 52.1. The summed E-state index contributed by atoms with van der Waals surface area (Å²) in [4.78, 5) is 8.18. The molecule has 1 atom stereocenters. The molecule has 446 valence electrons. The number of nitrogens with zero attached hydrogens (tertiary/aromatic N) is 2. The Bertz CT molecular complexity index is 6440. The summed E-state index contributed by atoms with van der Waals surface area (Å²) in [6.45, 7) is 9.52. The molecule has 2 N–H and O–H groups in total. The minimum atomic E-state index is -0.487. The van der Waals surface area contributed by atoms with E-state index in [9.17, 15) is 0 Å². The van der Waals surface area contributed by atoms with E-state index in [1.165, 1.54) is 199 Å². The van der Waals surface area contributed by atoms with E-state index < -0.39 is 5.41 Å². The Morgan fingerprint density at radius 1 is 0.316 bits per heavy atom. The fraction of sp³-hybridized carbons (Fsp3) is 0.0989. The number of hydrogen-bond donors (Lipinski definition) is 2. The lowest BCUT2D eigenvalue weighted by Gasteiger charge is -2.32. The highest BCUT2D eigenvalue weighted by molar-refractivity contribution is 6.20. The van der Waals surface area contributed by atoms with Crippen LogP contribution in [-0.2, 0) is 16.2 Å². The average Bonchev–Trinajstić information content (AvgIpc) is 1.50. The van der Waals surface area contributed by atoms with Crippen molar-refractivity contribution in [3.05, 3.63) is 317 Å². The van der Waals surface area contributed by atoms with Crippen LogP contribution in [0.3, 0.4) is 0 Å². The number of para-hydroxylation sites is 2. The van der Waals surface area contributed by atoms with Crippen molar-refractivity contribution in [1.29, 1.82) is 0 Å². The largest absolute Gasteiger partial charge is 0.354 e. The van der Waals surface area contributed by atoms with E-state index in [0.717, 1.165) is 23.9 Å². The number of aromatic amines is 2. The Labute approximate surface area is 549 Å². The second-order valence-corrected chi connectivity index (χ2v) is 28.7. The zero-order valence-corrected chi connectivity index (χ0v) is 53.2. The molecule has 1 unspecified atom stereocenters. The topological polar surface area (TPSA) is 41.4 Å². The van der Waals surface area contributed by atoms with E-state index in [0.29, 0.717) is 0 Å². The number of allylic oxidation sites excluding steroid dienone is 4. The molecular weight excluding hydrogens is 1150 g/mol. The second kappa shape index (κ2) is 18.0. The molecule has 4 heterocycles. The molecule has 5 aliphatic carbocycles. The maximum absolute atomic E-state index is 4.10. The Kier molecular flexibility index (Phi) is 9.88. The Balaban J connectivity index is 0.682. The molecule has 0 radical (unpaired) electrons. The third-order valence-electron chi connectivity index (χ3n) is 23.5. The standard InChI is InChI=1S/C91H62N4/c1-89(2)71-27-15-11-23-57(71)63-47-69-67-45-53(33-41-81(67)94(83(69)49-77(63)89)55-19-7-5-8-20-55)51-31-39-79-65(43-51)59-35-37-75-85(87(59)92-79)61-25-13-17-29-73(61)91(75)74-30-18-14-26-62(74)86-76(91)38-36-60-66-44-52(32-40-80(66)93-88(60)86)54-34-42-82-68(46-54)70-48-64-58-24-12-16-28-72(58)90(3,4)78(64)50-84(70)95(82)56-21-9-6-10-22-56/h5-13,15-25,27-50,92-93H,14,26H2,1-4H3. The molecule has 5 aliphatic rings. The van der Waals surface area contributed by atoms with Gasteiger partial charge in [-0.25, -0.2) is 0 Å². The summed E-state index contributed by atoms with van der Waals surface area (Å²) in [5.41, 5.74) is 38.1. The van der Waals surface area contributed by atoms with Crippen LogP contribution in [0.4, 0.5) is 0 Å². The number of aromatic nitrogens is 4. The molecule has 0 bridgehead atoms. The van der Waals surface area contributed by atoms with Gasteiger partial charge in [-0.05, 0) is 210 Å². The van der Waals surface area contributed by atoms with Gasteiger partial charge in [0.25, 0.3) is 0 Å². The SMILES string of the molecule is CC1(C)c2ccccc2-c2cc3c4cc(-c5ccc6[nH]c7c8c(ccc7c6c5)C5(C6=C8CCC=C6)c6ccccc6-c6c5ccc5c6[nH]c6ccc(-c7ccc8c(c7)c7cc9c(cc7n8-c7ccccc7)C(C)(C)c7ccccc7-9)cc65)ccc4n(-c4ccccc4)c3cc21. The van der Waals surface area contributed by atoms with Gasteiger partial charge in [-0.3, -0.25) is 0 Å². The third-order valence-corrected chi connectivity index (χ3v) is 23.5. The summed E-state index contributed by atoms with van der Waals surface area (Å²) >= 11 is 0. The normalized spacial score (nSPS) is 16.7. The summed E-state index contributed by atoms with van der Waals surface area (Å²) in [7, 11) is 0. The van der Waals surface area contributed by atoms with Crippen molar-refractivity contribution in [2.75, 3.05) is 0 Å². The van der Waals surface area contributed by atoms with Crippen LogP contribution in [-0.4, -0.2) is 19.1 Å². The van der Waals surface area contributed by atoms with Gasteiger partial charge in [0.15, 0.2) is 0 Å². The summed E-state index contributed by atoms with van der Waals surface area (Å²) < 4.78 is 4.95. The van der Waals surface area contributed by atoms with Crippen molar-refractivity contribution in [3.8, 4) is 67.0 Å². The fourth-order valence-corrected chi connectivity index (χ4v) is 19.2. The van der Waals surface area contributed by atoms with Crippen molar-refractivity contribution in [3.63, 3.8) is 0 Å². The predicted molar refractivity (Wildman–Crippen MR) is 397 cm³/mol. The van der Waals surface area contributed by atoms with Crippen LogP contribution in [0, 0.1) is 0 Å². The Morgan fingerprint density at radius 3 is 1.27 bits per heavy atom. The first-order valence-corrected chi connectivity index (χ1v) is 33.9. The molecule has 0 fully saturated rings. The van der Waals surface area contributed by atoms with Gasteiger partial charge in [0.2, 0.25) is 0 Å². The molecule has 0 saturated carbocycles. The summed E-state index contributed by atoms with van der Waals surface area (Å²) in [5, 5.41) is 10.1. The molecular formula is C91H62N4. The van der Waals surface area contributed by atoms with Gasteiger partial charge in [-0.1, -0.05) is 198 Å². The Morgan fingerprint density at radius 2 is 0.747 bits per heavy atom. The second-order valence-electron chi connectivity index (χ2n) is 28.7. The number of hydrogen-bond acceptors (Lipinski definition) is 0. The molecule has 0 saturated heterocycles. The smallest absolute Gasteiger partial charge is 0.0723 e. The van der Waals surface area contributed by atoms with Crippen molar-refractivity contribution >= 4 is 92.8 Å². The van der Waals surface area contributed by atoms with E-state index in [1.54, 1.807) is 0 Å². The summed E-state index contributed by atoms with van der Waals surface area (Å²) in [6.07, 6.45) is 6.92. The van der Waals surface area contributed by atoms with E-state index in [-0.39, 0.29) is 10.8 Å². The maximum Gasteiger partial charge on any atom is 0.0723 e. The van der Waals surface area contributed by atoms with Gasteiger partial charge in [0.05, 0.1) is 38.5 Å². The van der Waals surface area contributed by atoms with Gasteiger partial charge in [-0.15, -0.1) is 0 Å². The fourth-order valence-electron chi connectivity index (χ4n) is 19.2. The van der Waals surface area contributed by atoms with Crippen LogP contribution in [0.1, 0.15) is 85.0 Å². The maximum atomic E-state index is 4.10. The van der Waals surface area contributed by atoms with E-state index in [1.807, 2.05) is 0 Å². The van der Waals surface area contributed by atoms with Gasteiger partial charge in [0.1, 0.15) is 0 Å². The van der Waals surface area contributed by atoms with Crippen LogP contribution in [0.15, 0.2) is 273 Å². The molecule has 4 nitrogen and oxygen atoms in total. The molecule has 13 aromatic carbocycles. The quantitative estimate of drug-likeness (QED) is 0.176. The first-order valence-electron chi connectivity index (χ1n) is 33.9. The van der Waals surface area contributed by atoms with Crippen molar-refractivity contribution < 1.29 is 0 Å². The van der Waals surface area contributed by atoms with Crippen molar-refractivity contribution in [2.24, 2.45) is 0 Å². The molecule has 1 spiro atoms. The van der Waals surface area contributed by atoms with Gasteiger partial charge in [0, 0.05) is 87.5 Å². The van der Waals surface area contributed by atoms with Crippen LogP contribution >= 0.6 is 0 Å². The van der Waals surface area contributed by atoms with Crippen LogP contribution in [0.25, 0.3) is 160 Å². The highest BCUT2D eigenvalue weighted by Gasteiger charge is 2.54. The molecule has 0 aliphatic heterocycles. The zero-order chi connectivity index (χ0) is 62.5. The molecule has 95 heavy (non-hydrogen) atoms. The van der Waals surface area contributed by atoms with E-state index >= 15 is 0 Å². The lowest BCUT2D eigenvalue weighted by Crippen LogP contribution is -2.27. The number of rotatable bonds is 4.